The zero-order valence-corrected chi connectivity index (χ0v) is 16.3. The van der Waals surface area contributed by atoms with E-state index < -0.39 is 36.0 Å². The third kappa shape index (κ3) is 4.41. The van der Waals surface area contributed by atoms with E-state index in [1.807, 2.05) is 0 Å². The Kier molecular flexibility index (Phi) is 6.32. The molecule has 1 aliphatic rings. The molecule has 0 saturated heterocycles. The largest absolute Gasteiger partial charge is 0.495 e. The number of rotatable bonds is 5. The minimum Gasteiger partial charge on any atom is -0.495 e. The van der Waals surface area contributed by atoms with Crippen LogP contribution < -0.4 is 20.5 Å². The molecule has 2 heterocycles. The maximum absolute atomic E-state index is 14.4. The fourth-order valence-electron chi connectivity index (χ4n) is 2.76. The molecule has 0 saturated carbocycles. The van der Waals surface area contributed by atoms with Gasteiger partial charge in [0.25, 0.3) is 6.43 Å². The molecule has 3 rings (SSSR count). The van der Waals surface area contributed by atoms with Gasteiger partial charge < -0.3 is 19.9 Å². The van der Waals surface area contributed by atoms with Gasteiger partial charge in [0.2, 0.25) is 5.88 Å². The van der Waals surface area contributed by atoms with Crippen molar-refractivity contribution in [2.45, 2.75) is 12.0 Å². The molecule has 160 valence electrons. The van der Waals surface area contributed by atoms with Crippen molar-refractivity contribution in [2.24, 2.45) is 10.7 Å². The highest BCUT2D eigenvalue weighted by atomic mass is 35.5. The number of methoxy groups -OCH3 is 1. The molecular formula is C18H16ClF3N4O4. The summed E-state index contributed by atoms with van der Waals surface area (Å²) in [6.45, 7) is -0.725. The lowest BCUT2D eigenvalue weighted by Gasteiger charge is -2.33. The number of nitrogens with zero attached hydrogens (tertiary/aromatic N) is 2. The number of nitrogens with one attached hydrogen (secondary N) is 1. The lowest BCUT2D eigenvalue weighted by molar-refractivity contribution is -0.0145. The first-order valence-electron chi connectivity index (χ1n) is 8.43. The third-order valence-corrected chi connectivity index (χ3v) is 4.43. The molecule has 0 fully saturated rings. The summed E-state index contributed by atoms with van der Waals surface area (Å²) in [7, 11) is 1.41. The normalized spacial score (nSPS) is 18.7. The molecule has 3 N–H and O–H groups in total. The van der Waals surface area contributed by atoms with Crippen molar-refractivity contribution in [3.63, 3.8) is 0 Å². The topological polar surface area (TPSA) is 108 Å². The van der Waals surface area contributed by atoms with Gasteiger partial charge >= 0.3 is 6.09 Å². The quantitative estimate of drug-likeness (QED) is 0.732. The molecule has 30 heavy (non-hydrogen) atoms. The van der Waals surface area contributed by atoms with Gasteiger partial charge in [-0.05, 0) is 18.2 Å². The van der Waals surface area contributed by atoms with E-state index in [9.17, 15) is 18.0 Å². The van der Waals surface area contributed by atoms with Gasteiger partial charge in [0.1, 0.15) is 29.0 Å². The van der Waals surface area contributed by atoms with Crippen molar-refractivity contribution >= 4 is 29.2 Å². The summed E-state index contributed by atoms with van der Waals surface area (Å²) in [4.78, 5) is 19.7. The number of aromatic nitrogens is 1. The van der Waals surface area contributed by atoms with Gasteiger partial charge in [0.15, 0.2) is 5.54 Å². The Hall–Kier alpha value is -3.05. The number of benzene rings is 1. The van der Waals surface area contributed by atoms with Gasteiger partial charge in [-0.3, -0.25) is 10.3 Å². The Balaban J connectivity index is 1.85. The van der Waals surface area contributed by atoms with Crippen molar-refractivity contribution in [2.75, 3.05) is 25.6 Å². The van der Waals surface area contributed by atoms with Gasteiger partial charge in [-0.15, -0.1) is 0 Å². The highest BCUT2D eigenvalue weighted by Gasteiger charge is 2.46. The van der Waals surface area contributed by atoms with Crippen LogP contribution in [0.2, 0.25) is 5.02 Å². The summed E-state index contributed by atoms with van der Waals surface area (Å²) >= 11 is 5.95. The van der Waals surface area contributed by atoms with E-state index in [0.717, 1.165) is 12.1 Å². The van der Waals surface area contributed by atoms with Crippen LogP contribution in [0.25, 0.3) is 0 Å². The minimum absolute atomic E-state index is 0.00474. The molecule has 1 aromatic carbocycles. The van der Waals surface area contributed by atoms with Crippen LogP contribution in [0, 0.1) is 5.82 Å². The fourth-order valence-corrected chi connectivity index (χ4v) is 2.95. The number of carbonyl (C=O) groups is 1. The number of anilines is 1. The van der Waals surface area contributed by atoms with Crippen LogP contribution in [0.5, 0.6) is 11.6 Å². The van der Waals surface area contributed by atoms with Crippen molar-refractivity contribution < 1.29 is 32.2 Å². The predicted octanol–water partition coefficient (Wildman–Crippen LogP) is 3.34. The minimum atomic E-state index is -3.12. The molecule has 1 aromatic heterocycles. The molecule has 8 nitrogen and oxygen atoms in total. The molecule has 0 unspecified atom stereocenters. The van der Waals surface area contributed by atoms with E-state index in [1.54, 1.807) is 0 Å². The number of aliphatic imine (C=N–C) groups is 1. The van der Waals surface area contributed by atoms with E-state index in [-0.39, 0.29) is 29.0 Å². The van der Waals surface area contributed by atoms with E-state index in [2.05, 4.69) is 15.3 Å². The second kappa shape index (κ2) is 8.76. The lowest BCUT2D eigenvalue weighted by atomic mass is 9.90. The molecule has 12 heteroatoms. The molecule has 0 radical (unpaired) electrons. The second-order valence-electron chi connectivity index (χ2n) is 6.19. The first-order chi connectivity index (χ1) is 14.2. The van der Waals surface area contributed by atoms with Crippen LogP contribution >= 0.6 is 11.6 Å². The van der Waals surface area contributed by atoms with Gasteiger partial charge in [0, 0.05) is 17.3 Å². The van der Waals surface area contributed by atoms with Gasteiger partial charge in [-0.25, -0.2) is 22.9 Å². The summed E-state index contributed by atoms with van der Waals surface area (Å²) in [6.07, 6.45) is -2.86. The Morgan fingerprint density at radius 2 is 2.17 bits per heavy atom. The number of pyridine rings is 1. The number of nitrogens with two attached hydrogens (primary N) is 1. The Bertz CT molecular complexity index is 992. The van der Waals surface area contributed by atoms with E-state index in [0.29, 0.717) is 5.75 Å². The molecule has 0 bridgehead atoms. The maximum atomic E-state index is 14.4. The summed E-state index contributed by atoms with van der Waals surface area (Å²) < 4.78 is 57.1. The number of ether oxygens (including phenoxy) is 3. The first-order valence-corrected chi connectivity index (χ1v) is 8.81. The van der Waals surface area contributed by atoms with Gasteiger partial charge in [-0.2, -0.15) is 0 Å². The van der Waals surface area contributed by atoms with Crippen molar-refractivity contribution in [1.29, 1.82) is 0 Å². The molecule has 1 aliphatic heterocycles. The molecule has 0 aliphatic carbocycles. The second-order valence-corrected chi connectivity index (χ2v) is 6.60. The number of hydrogen-bond donors (Lipinski definition) is 2. The monoisotopic (exact) mass is 444 g/mol. The average Bonchev–Trinajstić information content (AvgIpc) is 2.70. The molecular weight excluding hydrogens is 429 g/mol. The van der Waals surface area contributed by atoms with Crippen LogP contribution in [0.4, 0.5) is 23.7 Å². The Morgan fingerprint density at radius 1 is 1.40 bits per heavy atom. The van der Waals surface area contributed by atoms with Crippen LogP contribution in [0.1, 0.15) is 5.56 Å². The van der Waals surface area contributed by atoms with E-state index in [4.69, 9.17) is 31.5 Å². The van der Waals surface area contributed by atoms with Gasteiger partial charge in [0.05, 0.1) is 19.9 Å². The molecule has 1 amide bonds. The Morgan fingerprint density at radius 3 is 2.80 bits per heavy atom. The van der Waals surface area contributed by atoms with Crippen LogP contribution in [0.3, 0.4) is 0 Å². The number of carbonyl (C=O) groups excluding carboxylic acids is 1. The number of alkyl halides is 2. The highest BCUT2D eigenvalue weighted by Crippen LogP contribution is 2.38. The first kappa shape index (κ1) is 21.7. The zero-order valence-electron chi connectivity index (χ0n) is 15.5. The molecule has 0 spiro atoms. The van der Waals surface area contributed by atoms with Crippen molar-refractivity contribution in [3.05, 3.63) is 46.9 Å². The number of hydrogen-bond acceptors (Lipinski definition) is 7. The predicted molar refractivity (Wildman–Crippen MR) is 102 cm³/mol. The Labute approximate surface area is 173 Å². The number of amides is 1. The molecule has 1 atom stereocenters. The van der Waals surface area contributed by atoms with E-state index in [1.165, 1.54) is 25.4 Å². The fraction of sp³-hybridized carbons (Fsp3) is 0.278. The summed E-state index contributed by atoms with van der Waals surface area (Å²) in [6, 6.07) is 4.47. The smallest absolute Gasteiger partial charge is 0.418 e. The van der Waals surface area contributed by atoms with Gasteiger partial charge in [-0.1, -0.05) is 11.6 Å². The van der Waals surface area contributed by atoms with Crippen LogP contribution in [0.15, 0.2) is 35.5 Å². The van der Waals surface area contributed by atoms with E-state index >= 15 is 0 Å². The maximum Gasteiger partial charge on any atom is 0.418 e. The van der Waals surface area contributed by atoms with Crippen LogP contribution in [-0.2, 0) is 10.3 Å². The van der Waals surface area contributed by atoms with Crippen molar-refractivity contribution in [1.82, 2.24) is 4.98 Å². The third-order valence-electron chi connectivity index (χ3n) is 4.16. The highest BCUT2D eigenvalue weighted by molar-refractivity contribution is 6.32. The standard InChI is InChI=1S/C18H16ClF3N4O4/c1-28-10-5-12(19)15(24-6-10)30-17(27)25-9-2-3-13(20)11(4-9)18(16(21)22)8-29-7-14(23)26-18/h2-6,16H,7-8H2,1H3,(H2,23,26)(H,25,27)/t18-/m0/s1. The summed E-state index contributed by atoms with van der Waals surface area (Å²) in [5.41, 5.74) is 2.67. The average molecular weight is 445 g/mol. The molecule has 2 aromatic rings. The zero-order chi connectivity index (χ0) is 21.9. The summed E-state index contributed by atoms with van der Waals surface area (Å²) in [5.74, 6) is -1.02. The number of halogens is 4. The SMILES string of the molecule is COc1cnc(OC(=O)Nc2ccc(F)c([C@]3(C(F)F)COCC(N)=N3)c2)c(Cl)c1. The lowest BCUT2D eigenvalue weighted by Crippen LogP contribution is -2.45. The number of amidine groups is 1. The summed E-state index contributed by atoms with van der Waals surface area (Å²) in [5, 5.41) is 2.30. The van der Waals surface area contributed by atoms with Crippen LogP contribution in [-0.4, -0.2) is 43.7 Å². The van der Waals surface area contributed by atoms with Crippen molar-refractivity contribution in [3.8, 4) is 11.6 Å².